The highest BCUT2D eigenvalue weighted by Crippen LogP contribution is 2.41. The quantitative estimate of drug-likeness (QED) is 0.567. The molecule has 2 aromatic rings. The third-order valence-corrected chi connectivity index (χ3v) is 5.93. The molecule has 6 heteroatoms. The highest BCUT2D eigenvalue weighted by molar-refractivity contribution is 7.16. The lowest BCUT2D eigenvalue weighted by Crippen LogP contribution is -2.37. The smallest absolute Gasteiger partial charge is 0.246 e. The normalized spacial score (nSPS) is 16.6. The molecule has 27 heavy (non-hydrogen) atoms. The van der Waals surface area contributed by atoms with Crippen molar-refractivity contribution in [1.29, 1.82) is 5.41 Å². The van der Waals surface area contributed by atoms with Gasteiger partial charge in [-0.25, -0.2) is 0 Å². The van der Waals surface area contributed by atoms with Gasteiger partial charge in [-0.3, -0.25) is 4.79 Å². The van der Waals surface area contributed by atoms with Crippen LogP contribution in [0.5, 0.6) is 0 Å². The second-order valence-corrected chi connectivity index (χ2v) is 8.25. The van der Waals surface area contributed by atoms with Gasteiger partial charge in [0.05, 0.1) is 10.9 Å². The summed E-state index contributed by atoms with van der Waals surface area (Å²) in [5.74, 6) is -0.0623. The first kappa shape index (κ1) is 19.4. The maximum absolute atomic E-state index is 12.3. The lowest BCUT2D eigenvalue weighted by molar-refractivity contribution is -0.127. The molecule has 0 bridgehead atoms. The van der Waals surface area contributed by atoms with Gasteiger partial charge in [0.1, 0.15) is 0 Å². The fraction of sp³-hybridized carbons (Fsp3) is 0.238. The number of carbonyl (C=O) groups is 1. The maximum atomic E-state index is 12.3. The van der Waals surface area contributed by atoms with E-state index < -0.39 is 0 Å². The Balaban J connectivity index is 2.14. The van der Waals surface area contributed by atoms with Crippen molar-refractivity contribution in [1.82, 2.24) is 10.2 Å². The molecule has 2 heterocycles. The van der Waals surface area contributed by atoms with E-state index in [1.165, 1.54) is 23.0 Å². The number of hydrogen-bond acceptors (Lipinski definition) is 4. The Bertz CT molecular complexity index is 931. The minimum Gasteiger partial charge on any atom is -0.388 e. The molecule has 1 aromatic carbocycles. The highest BCUT2D eigenvalue weighted by atomic mass is 35.5. The minimum absolute atomic E-state index is 0.0142. The molecule has 0 saturated heterocycles. The van der Waals surface area contributed by atoms with Gasteiger partial charge in [-0.05, 0) is 36.3 Å². The Hall–Kier alpha value is -2.37. The van der Waals surface area contributed by atoms with E-state index in [4.69, 9.17) is 17.0 Å². The van der Waals surface area contributed by atoms with Crippen LogP contribution in [-0.2, 0) is 11.3 Å². The second-order valence-electron chi connectivity index (χ2n) is 6.48. The van der Waals surface area contributed by atoms with Gasteiger partial charge in [-0.2, -0.15) is 0 Å². The summed E-state index contributed by atoms with van der Waals surface area (Å²) in [6, 6.07) is 10.1. The number of nitrogens with zero attached hydrogens (tertiary/aromatic N) is 1. The zero-order valence-electron chi connectivity index (χ0n) is 15.4. The van der Waals surface area contributed by atoms with E-state index in [0.29, 0.717) is 18.8 Å². The summed E-state index contributed by atoms with van der Waals surface area (Å²) >= 11 is 7.83. The predicted molar refractivity (Wildman–Crippen MR) is 114 cm³/mol. The van der Waals surface area contributed by atoms with Crippen LogP contribution in [0, 0.1) is 5.41 Å². The summed E-state index contributed by atoms with van der Waals surface area (Å²) in [4.78, 5) is 15.2. The van der Waals surface area contributed by atoms with E-state index in [9.17, 15) is 4.79 Å². The average Bonchev–Trinajstić information content (AvgIpc) is 3.04. The van der Waals surface area contributed by atoms with Crippen molar-refractivity contribution in [2.24, 2.45) is 0 Å². The Morgan fingerprint density at radius 3 is 2.81 bits per heavy atom. The first-order valence-corrected chi connectivity index (χ1v) is 9.87. The molecule has 1 atom stereocenters. The number of allylic oxidation sites excluding steroid dienone is 1. The van der Waals surface area contributed by atoms with Crippen molar-refractivity contribution < 1.29 is 4.79 Å². The standard InChI is InChI=1S/C21H22ClN3OS/c1-4-21(26)25-11-17(16-10-20(22)27-19(16)12-25)14-7-5-6-8-15(14)18(24-3)9-13(2)23/h4-10,17,23-24H,1,11-12H2,2-3H3/b18-9-,23-13?/t17-/m0/s1. The van der Waals surface area contributed by atoms with Crippen molar-refractivity contribution >= 4 is 40.3 Å². The molecular formula is C21H22ClN3OS. The number of amides is 1. The molecule has 1 amide bonds. The molecular weight excluding hydrogens is 378 g/mol. The minimum atomic E-state index is -0.0765. The summed E-state index contributed by atoms with van der Waals surface area (Å²) in [7, 11) is 1.85. The number of nitrogens with one attached hydrogen (secondary N) is 2. The molecule has 1 aliphatic rings. The maximum Gasteiger partial charge on any atom is 0.246 e. The van der Waals surface area contributed by atoms with Gasteiger partial charge >= 0.3 is 0 Å². The van der Waals surface area contributed by atoms with Crippen LogP contribution >= 0.6 is 22.9 Å². The number of carbonyl (C=O) groups excluding carboxylic acids is 1. The molecule has 0 fully saturated rings. The first-order valence-electron chi connectivity index (χ1n) is 8.68. The molecule has 1 aliphatic heterocycles. The van der Waals surface area contributed by atoms with Gasteiger partial charge in [0.25, 0.3) is 0 Å². The molecule has 3 rings (SSSR count). The van der Waals surface area contributed by atoms with Crippen LogP contribution in [0.2, 0.25) is 4.34 Å². The van der Waals surface area contributed by atoms with Crippen LogP contribution in [0.15, 0.2) is 49.1 Å². The zero-order chi connectivity index (χ0) is 19.6. The topological polar surface area (TPSA) is 56.2 Å². The van der Waals surface area contributed by atoms with E-state index in [2.05, 4.69) is 18.0 Å². The number of thiophene rings is 1. The van der Waals surface area contributed by atoms with Gasteiger partial charge in [0.2, 0.25) is 5.91 Å². The van der Waals surface area contributed by atoms with Gasteiger partial charge in [0.15, 0.2) is 0 Å². The number of fused-ring (bicyclic) bond motifs is 1. The Morgan fingerprint density at radius 1 is 1.41 bits per heavy atom. The Labute approximate surface area is 168 Å². The van der Waals surface area contributed by atoms with Crippen molar-refractivity contribution in [3.8, 4) is 0 Å². The fourth-order valence-electron chi connectivity index (χ4n) is 3.49. The summed E-state index contributed by atoms with van der Waals surface area (Å²) in [6.07, 6.45) is 3.18. The lowest BCUT2D eigenvalue weighted by Gasteiger charge is -2.33. The van der Waals surface area contributed by atoms with E-state index in [0.717, 1.165) is 26.0 Å². The Kier molecular flexibility index (Phi) is 5.82. The van der Waals surface area contributed by atoms with Crippen molar-refractivity contribution in [2.75, 3.05) is 13.6 Å². The number of rotatable bonds is 5. The van der Waals surface area contributed by atoms with Crippen LogP contribution in [0.3, 0.4) is 0 Å². The van der Waals surface area contributed by atoms with Crippen molar-refractivity contribution in [3.05, 3.63) is 75.0 Å². The van der Waals surface area contributed by atoms with E-state index in [1.807, 2.05) is 42.3 Å². The van der Waals surface area contributed by atoms with E-state index >= 15 is 0 Å². The molecule has 140 valence electrons. The molecule has 0 radical (unpaired) electrons. The van der Waals surface area contributed by atoms with Crippen molar-refractivity contribution in [3.63, 3.8) is 0 Å². The fourth-order valence-corrected chi connectivity index (χ4v) is 4.85. The first-order chi connectivity index (χ1) is 12.9. The van der Waals surface area contributed by atoms with Crippen LogP contribution in [-0.4, -0.2) is 30.1 Å². The van der Waals surface area contributed by atoms with Gasteiger partial charge in [-0.1, -0.05) is 42.4 Å². The number of benzene rings is 1. The summed E-state index contributed by atoms with van der Waals surface area (Å²) in [5, 5.41) is 11.0. The molecule has 0 aliphatic carbocycles. The number of halogens is 1. The van der Waals surface area contributed by atoms with Gasteiger partial charge < -0.3 is 15.6 Å². The molecule has 4 nitrogen and oxygen atoms in total. The Morgan fingerprint density at radius 2 is 2.15 bits per heavy atom. The summed E-state index contributed by atoms with van der Waals surface area (Å²) in [6.45, 7) is 6.51. The van der Waals surface area contributed by atoms with Crippen LogP contribution in [0.1, 0.15) is 34.4 Å². The van der Waals surface area contributed by atoms with E-state index in [-0.39, 0.29) is 11.8 Å². The SMILES string of the molecule is C=CC(=O)N1Cc2sc(Cl)cc2[C@H](c2ccccc2/C(=C/C(C)=N)NC)C1. The summed E-state index contributed by atoms with van der Waals surface area (Å²) in [5.41, 5.74) is 4.66. The largest absolute Gasteiger partial charge is 0.388 e. The van der Waals surface area contributed by atoms with Gasteiger partial charge in [0, 0.05) is 41.4 Å². The van der Waals surface area contributed by atoms with E-state index in [1.54, 1.807) is 6.92 Å². The van der Waals surface area contributed by atoms with Crippen LogP contribution in [0.25, 0.3) is 5.70 Å². The highest BCUT2D eigenvalue weighted by Gasteiger charge is 2.31. The molecule has 0 saturated carbocycles. The van der Waals surface area contributed by atoms with Crippen molar-refractivity contribution in [2.45, 2.75) is 19.4 Å². The monoisotopic (exact) mass is 399 g/mol. The zero-order valence-corrected chi connectivity index (χ0v) is 17.0. The average molecular weight is 400 g/mol. The lowest BCUT2D eigenvalue weighted by atomic mass is 9.84. The van der Waals surface area contributed by atoms with Crippen LogP contribution < -0.4 is 5.32 Å². The molecule has 0 spiro atoms. The third-order valence-electron chi connectivity index (χ3n) is 4.67. The second kappa shape index (κ2) is 8.11. The molecule has 2 N–H and O–H groups in total. The van der Waals surface area contributed by atoms with Crippen LogP contribution in [0.4, 0.5) is 0 Å². The predicted octanol–water partition coefficient (Wildman–Crippen LogP) is 4.66. The summed E-state index contributed by atoms with van der Waals surface area (Å²) < 4.78 is 0.732. The van der Waals surface area contributed by atoms with Gasteiger partial charge in [-0.15, -0.1) is 11.3 Å². The third kappa shape index (κ3) is 3.99. The number of hydrogen-bond donors (Lipinski definition) is 2. The molecule has 0 unspecified atom stereocenters. The molecule has 1 aromatic heterocycles.